The normalized spacial score (nSPS) is 15.9. The van der Waals surface area contributed by atoms with Crippen LogP contribution in [0.15, 0.2) is 18.2 Å². The zero-order valence-electron chi connectivity index (χ0n) is 10.9. The van der Waals surface area contributed by atoms with Crippen LogP contribution in [0.5, 0.6) is 0 Å². The van der Waals surface area contributed by atoms with Gasteiger partial charge in [0, 0.05) is 19.2 Å². The van der Waals surface area contributed by atoms with Gasteiger partial charge in [-0.05, 0) is 31.7 Å². The van der Waals surface area contributed by atoms with Crippen LogP contribution >= 0.6 is 0 Å². The molecule has 1 fully saturated rings. The summed E-state index contributed by atoms with van der Waals surface area (Å²) in [6.45, 7) is 1.97. The zero-order chi connectivity index (χ0) is 14.2. The molecular formula is C13H16N2O4. The minimum absolute atomic E-state index is 0.0239. The fraction of sp³-hybridized carbons (Fsp3) is 0.462. The molecule has 0 aliphatic heterocycles. The number of nitro benzene ring substituents is 1. The van der Waals surface area contributed by atoms with Gasteiger partial charge in [-0.2, -0.15) is 0 Å². The minimum atomic E-state index is -1.14. The van der Waals surface area contributed by atoms with Crippen LogP contribution in [0.3, 0.4) is 0 Å². The first-order valence-corrected chi connectivity index (χ1v) is 6.17. The van der Waals surface area contributed by atoms with Crippen LogP contribution in [0.4, 0.5) is 11.4 Å². The molecule has 0 radical (unpaired) electrons. The Morgan fingerprint density at radius 3 is 2.63 bits per heavy atom. The Morgan fingerprint density at radius 1 is 1.53 bits per heavy atom. The average molecular weight is 264 g/mol. The maximum Gasteiger partial charge on any atom is 0.338 e. The lowest BCUT2D eigenvalue weighted by atomic mass is 10.1. The van der Waals surface area contributed by atoms with Crippen LogP contribution in [-0.2, 0) is 0 Å². The second-order valence-corrected chi connectivity index (χ2v) is 4.92. The molecule has 1 saturated carbocycles. The molecule has 1 aromatic carbocycles. The van der Waals surface area contributed by atoms with E-state index in [0.29, 0.717) is 5.92 Å². The van der Waals surface area contributed by atoms with E-state index in [1.54, 1.807) is 11.9 Å². The molecule has 1 aromatic rings. The van der Waals surface area contributed by atoms with Crippen LogP contribution in [0.25, 0.3) is 0 Å². The molecule has 1 aliphatic carbocycles. The predicted molar refractivity (Wildman–Crippen MR) is 70.6 cm³/mol. The van der Waals surface area contributed by atoms with E-state index in [2.05, 4.69) is 0 Å². The maximum atomic E-state index is 11.3. The molecule has 1 unspecified atom stereocenters. The molecule has 1 atom stereocenters. The summed E-state index contributed by atoms with van der Waals surface area (Å²) in [6.07, 6.45) is 2.18. The van der Waals surface area contributed by atoms with Gasteiger partial charge in [-0.25, -0.2) is 4.79 Å². The molecule has 0 bridgehead atoms. The van der Waals surface area contributed by atoms with Gasteiger partial charge in [0.1, 0.15) is 5.69 Å². The van der Waals surface area contributed by atoms with Crippen LogP contribution in [0.1, 0.15) is 30.1 Å². The molecule has 0 heterocycles. The van der Waals surface area contributed by atoms with Gasteiger partial charge in [-0.1, -0.05) is 6.07 Å². The Labute approximate surface area is 110 Å². The van der Waals surface area contributed by atoms with E-state index < -0.39 is 10.9 Å². The number of rotatable bonds is 5. The molecule has 102 valence electrons. The number of hydrogen-bond acceptors (Lipinski definition) is 4. The topological polar surface area (TPSA) is 83.7 Å². The number of anilines is 1. The van der Waals surface area contributed by atoms with E-state index in [4.69, 9.17) is 0 Å². The van der Waals surface area contributed by atoms with Crippen LogP contribution < -0.4 is 4.90 Å². The fourth-order valence-corrected chi connectivity index (χ4v) is 2.32. The van der Waals surface area contributed by atoms with Gasteiger partial charge in [0.2, 0.25) is 0 Å². The van der Waals surface area contributed by atoms with Gasteiger partial charge < -0.3 is 10.0 Å². The van der Waals surface area contributed by atoms with Gasteiger partial charge in [-0.3, -0.25) is 10.1 Å². The first-order chi connectivity index (χ1) is 8.93. The van der Waals surface area contributed by atoms with Gasteiger partial charge >= 0.3 is 5.97 Å². The third kappa shape index (κ3) is 2.52. The molecule has 0 saturated heterocycles. The van der Waals surface area contributed by atoms with Crippen molar-refractivity contribution in [1.29, 1.82) is 0 Å². The molecule has 19 heavy (non-hydrogen) atoms. The summed E-state index contributed by atoms with van der Waals surface area (Å²) < 4.78 is 0. The van der Waals surface area contributed by atoms with Crippen LogP contribution in [-0.4, -0.2) is 29.1 Å². The highest BCUT2D eigenvalue weighted by Crippen LogP contribution is 2.39. The third-order valence-corrected chi connectivity index (χ3v) is 3.71. The van der Waals surface area contributed by atoms with Crippen molar-refractivity contribution in [2.24, 2.45) is 5.92 Å². The molecule has 0 spiro atoms. The number of nitro groups is 1. The Morgan fingerprint density at radius 2 is 2.16 bits per heavy atom. The van der Waals surface area contributed by atoms with Crippen molar-refractivity contribution >= 4 is 17.3 Å². The van der Waals surface area contributed by atoms with Gasteiger partial charge in [0.25, 0.3) is 5.69 Å². The molecule has 0 amide bonds. The van der Waals surface area contributed by atoms with Gasteiger partial charge in [-0.15, -0.1) is 0 Å². The highest BCUT2D eigenvalue weighted by Gasteiger charge is 2.34. The Hall–Kier alpha value is -2.11. The van der Waals surface area contributed by atoms with Gasteiger partial charge in [0.05, 0.1) is 10.5 Å². The number of carboxylic acid groups (broad SMARTS) is 1. The first kappa shape index (κ1) is 13.3. The number of carbonyl (C=O) groups is 1. The van der Waals surface area contributed by atoms with E-state index in [0.717, 1.165) is 12.8 Å². The number of para-hydroxylation sites is 1. The molecule has 6 heteroatoms. The minimum Gasteiger partial charge on any atom is -0.478 e. The number of carboxylic acids is 1. The molecule has 2 rings (SSSR count). The van der Waals surface area contributed by atoms with Crippen molar-refractivity contribution in [3.63, 3.8) is 0 Å². The van der Waals surface area contributed by atoms with E-state index in [1.807, 2.05) is 6.92 Å². The Balaban J connectivity index is 2.50. The highest BCUT2D eigenvalue weighted by atomic mass is 16.6. The summed E-state index contributed by atoms with van der Waals surface area (Å²) in [5.74, 6) is -0.653. The lowest BCUT2D eigenvalue weighted by Gasteiger charge is -2.27. The maximum absolute atomic E-state index is 11.3. The molecule has 0 aromatic heterocycles. The van der Waals surface area contributed by atoms with E-state index in [1.165, 1.54) is 18.2 Å². The highest BCUT2D eigenvalue weighted by molar-refractivity contribution is 5.97. The number of benzene rings is 1. The molecule has 1 N–H and O–H groups in total. The third-order valence-electron chi connectivity index (χ3n) is 3.71. The number of nitrogens with zero attached hydrogens (tertiary/aromatic N) is 2. The van der Waals surface area contributed by atoms with Crippen molar-refractivity contribution in [1.82, 2.24) is 0 Å². The smallest absolute Gasteiger partial charge is 0.338 e. The standard InChI is InChI=1S/C13H16N2O4/c1-8(9-6-7-9)14(2)12-10(13(16)17)4-3-5-11(12)15(18)19/h3-5,8-9H,6-7H2,1-2H3,(H,16,17). The van der Waals surface area contributed by atoms with E-state index in [9.17, 15) is 20.0 Å². The summed E-state index contributed by atoms with van der Waals surface area (Å²) in [5, 5.41) is 20.3. The summed E-state index contributed by atoms with van der Waals surface area (Å²) >= 11 is 0. The lowest BCUT2D eigenvalue weighted by Crippen LogP contribution is -2.32. The first-order valence-electron chi connectivity index (χ1n) is 6.17. The predicted octanol–water partition coefficient (Wildman–Crippen LogP) is 2.53. The molecule has 1 aliphatic rings. The van der Waals surface area contributed by atoms with E-state index in [-0.39, 0.29) is 23.0 Å². The SMILES string of the molecule is CC(C1CC1)N(C)c1c(C(=O)O)cccc1[N+](=O)[O-]. The lowest BCUT2D eigenvalue weighted by molar-refractivity contribution is -0.384. The van der Waals surface area contributed by atoms with Gasteiger partial charge in [0.15, 0.2) is 0 Å². The van der Waals surface area contributed by atoms with E-state index >= 15 is 0 Å². The second kappa shape index (κ2) is 4.87. The van der Waals surface area contributed by atoms with Crippen molar-refractivity contribution in [3.05, 3.63) is 33.9 Å². The van der Waals surface area contributed by atoms with Crippen LogP contribution in [0.2, 0.25) is 0 Å². The Bertz CT molecular complexity index is 493. The summed E-state index contributed by atoms with van der Waals surface area (Å²) in [7, 11) is 1.72. The van der Waals surface area contributed by atoms with Crippen molar-refractivity contribution in [3.8, 4) is 0 Å². The number of hydrogen-bond donors (Lipinski definition) is 1. The monoisotopic (exact) mass is 264 g/mol. The summed E-state index contributed by atoms with van der Waals surface area (Å²) in [5.41, 5.74) is 0.0125. The average Bonchev–Trinajstić information content (AvgIpc) is 3.20. The van der Waals surface area contributed by atoms with Crippen molar-refractivity contribution in [2.45, 2.75) is 25.8 Å². The zero-order valence-corrected chi connectivity index (χ0v) is 10.9. The molecule has 6 nitrogen and oxygen atoms in total. The quantitative estimate of drug-likeness (QED) is 0.652. The van der Waals surface area contributed by atoms with Crippen LogP contribution in [0, 0.1) is 16.0 Å². The summed E-state index contributed by atoms with van der Waals surface area (Å²) in [4.78, 5) is 23.5. The second-order valence-electron chi connectivity index (χ2n) is 4.92. The largest absolute Gasteiger partial charge is 0.478 e. The summed E-state index contributed by atoms with van der Waals surface area (Å²) in [6, 6.07) is 4.25. The fourth-order valence-electron chi connectivity index (χ4n) is 2.32. The number of aromatic carboxylic acids is 1. The molecular weight excluding hydrogens is 248 g/mol. The van der Waals surface area contributed by atoms with Crippen molar-refractivity contribution < 1.29 is 14.8 Å². The van der Waals surface area contributed by atoms with Crippen molar-refractivity contribution in [2.75, 3.05) is 11.9 Å². The Kier molecular flexibility index (Phi) is 3.42.